The third kappa shape index (κ3) is 5.65. The molecule has 0 unspecified atom stereocenters. The van der Waals surface area contributed by atoms with Crippen LogP contribution in [0.15, 0.2) is 56.1 Å². The summed E-state index contributed by atoms with van der Waals surface area (Å²) in [5.41, 5.74) is 0.289. The van der Waals surface area contributed by atoms with Crippen LogP contribution in [0.5, 0.6) is 5.75 Å². The summed E-state index contributed by atoms with van der Waals surface area (Å²) in [4.78, 5) is 24.8. The van der Waals surface area contributed by atoms with E-state index in [-0.39, 0.29) is 23.4 Å². The van der Waals surface area contributed by atoms with Crippen molar-refractivity contribution in [3.05, 3.63) is 62.2 Å². The Kier molecular flexibility index (Phi) is 7.36. The Balaban J connectivity index is 1.37. The zero-order valence-electron chi connectivity index (χ0n) is 19.2. The van der Waals surface area contributed by atoms with Gasteiger partial charge in [-0.2, -0.15) is 0 Å². The minimum Gasteiger partial charge on any atom is -0.490 e. The van der Waals surface area contributed by atoms with Crippen molar-refractivity contribution < 1.29 is 23.4 Å². The van der Waals surface area contributed by atoms with Crippen molar-refractivity contribution in [1.82, 2.24) is 0 Å². The van der Waals surface area contributed by atoms with E-state index in [9.17, 15) is 9.59 Å². The number of fused-ring (bicyclic) bond motifs is 1. The second-order valence-electron chi connectivity index (χ2n) is 9.25. The topological polar surface area (TPSA) is 75.0 Å². The highest BCUT2D eigenvalue weighted by molar-refractivity contribution is 9.10. The molecule has 0 amide bonds. The van der Waals surface area contributed by atoms with Gasteiger partial charge in [-0.05, 0) is 73.8 Å². The second kappa shape index (κ2) is 10.1. The van der Waals surface area contributed by atoms with Gasteiger partial charge in [-0.3, -0.25) is 9.59 Å². The molecule has 0 bridgehead atoms. The van der Waals surface area contributed by atoms with Crippen molar-refractivity contribution in [3.8, 4) is 17.1 Å². The van der Waals surface area contributed by atoms with E-state index in [1.54, 1.807) is 12.1 Å². The van der Waals surface area contributed by atoms with Gasteiger partial charge in [0.15, 0.2) is 11.0 Å². The Morgan fingerprint density at radius 1 is 1.15 bits per heavy atom. The van der Waals surface area contributed by atoms with E-state index in [1.807, 2.05) is 45.0 Å². The predicted molar refractivity (Wildman–Crippen MR) is 134 cm³/mol. The summed E-state index contributed by atoms with van der Waals surface area (Å²) in [6.07, 6.45) is 1.34. The van der Waals surface area contributed by atoms with Gasteiger partial charge in [0, 0.05) is 10.5 Å². The lowest BCUT2D eigenvalue weighted by atomic mass is 9.82. The lowest BCUT2D eigenvalue weighted by Gasteiger charge is -2.35. The van der Waals surface area contributed by atoms with Gasteiger partial charge < -0.3 is 18.6 Å². The van der Waals surface area contributed by atoms with Crippen LogP contribution in [0.25, 0.3) is 22.3 Å². The van der Waals surface area contributed by atoms with Crippen molar-refractivity contribution in [1.29, 1.82) is 0 Å². The van der Waals surface area contributed by atoms with Gasteiger partial charge in [0.05, 0.1) is 34.6 Å². The maximum atomic E-state index is 12.7. The molecule has 0 N–H and O–H groups in total. The molecule has 8 heteroatoms. The van der Waals surface area contributed by atoms with Crippen LogP contribution in [-0.2, 0) is 14.3 Å². The first-order valence-corrected chi connectivity index (χ1v) is 12.3. The van der Waals surface area contributed by atoms with Crippen LogP contribution in [0.3, 0.4) is 0 Å². The fourth-order valence-corrected chi connectivity index (χ4v) is 4.47. The zero-order valence-corrected chi connectivity index (χ0v) is 21.6. The Morgan fingerprint density at radius 2 is 1.88 bits per heavy atom. The third-order valence-corrected chi connectivity index (χ3v) is 6.42. The average molecular weight is 550 g/mol. The van der Waals surface area contributed by atoms with Gasteiger partial charge in [0.1, 0.15) is 23.7 Å². The van der Waals surface area contributed by atoms with Gasteiger partial charge >= 0.3 is 5.97 Å². The van der Waals surface area contributed by atoms with Crippen molar-refractivity contribution in [2.75, 3.05) is 13.2 Å². The molecule has 2 aromatic carbocycles. The number of carbonyl (C=O) groups is 1. The first-order chi connectivity index (χ1) is 16.1. The lowest BCUT2D eigenvalue weighted by Crippen LogP contribution is -2.40. The van der Waals surface area contributed by atoms with Crippen molar-refractivity contribution in [3.63, 3.8) is 0 Å². The molecular weight excluding hydrogens is 524 g/mol. The number of hydrogen-bond acceptors (Lipinski definition) is 6. The summed E-state index contributed by atoms with van der Waals surface area (Å²) in [5, 5.41) is 0.752. The molecule has 1 aromatic heterocycles. The molecule has 4 rings (SSSR count). The van der Waals surface area contributed by atoms with E-state index in [2.05, 4.69) is 15.9 Å². The van der Waals surface area contributed by atoms with Crippen LogP contribution in [0.4, 0.5) is 0 Å². The average Bonchev–Trinajstić information content (AvgIpc) is 2.73. The van der Waals surface area contributed by atoms with Crippen LogP contribution in [0.1, 0.15) is 33.6 Å². The summed E-state index contributed by atoms with van der Waals surface area (Å²) in [6, 6.07) is 12.2. The lowest BCUT2D eigenvalue weighted by molar-refractivity contribution is -0.169. The minimum absolute atomic E-state index is 0.0236. The fourth-order valence-electron chi connectivity index (χ4n) is 3.77. The summed E-state index contributed by atoms with van der Waals surface area (Å²) in [6.45, 7) is 6.28. The number of carbonyl (C=O) groups excluding carboxylic acids is 1. The summed E-state index contributed by atoms with van der Waals surface area (Å²) in [7, 11) is 0. The number of benzene rings is 2. The molecule has 1 fully saturated rings. The van der Waals surface area contributed by atoms with Gasteiger partial charge in [0.2, 0.25) is 0 Å². The smallest absolute Gasteiger partial charge is 0.309 e. The molecule has 0 atom stereocenters. The van der Waals surface area contributed by atoms with Crippen molar-refractivity contribution >= 4 is 44.5 Å². The molecule has 1 aliphatic carbocycles. The Morgan fingerprint density at radius 3 is 2.62 bits per heavy atom. The number of para-hydroxylation sites is 1. The highest BCUT2D eigenvalue weighted by atomic mass is 79.9. The zero-order chi connectivity index (χ0) is 24.5. The minimum atomic E-state index is -0.476. The van der Waals surface area contributed by atoms with Crippen molar-refractivity contribution in [2.45, 2.75) is 45.3 Å². The summed E-state index contributed by atoms with van der Waals surface area (Å²) < 4.78 is 23.8. The van der Waals surface area contributed by atoms with Crippen LogP contribution in [0, 0.1) is 5.92 Å². The standard InChI is InChI=1S/C26H26BrClO6/c1-26(2,3)34-25(30)15-12-16(13-15)31-10-11-32-21-7-5-4-6-17(21)22-14-20(29)23-18(27)8-9-19(28)24(23)33-22/h4-9,14-16H,10-13H2,1-3H3. The third-order valence-electron chi connectivity index (χ3n) is 5.46. The maximum absolute atomic E-state index is 12.7. The van der Waals surface area contributed by atoms with Crippen molar-refractivity contribution in [2.24, 2.45) is 5.92 Å². The SMILES string of the molecule is CC(C)(C)OC(=O)C1CC(OCCOc2ccccc2-c2cc(=O)c3c(Br)ccc(Cl)c3o2)C1. The highest BCUT2D eigenvalue weighted by Crippen LogP contribution is 2.35. The van der Waals surface area contributed by atoms with Crippen LogP contribution < -0.4 is 10.2 Å². The van der Waals surface area contributed by atoms with Gasteiger partial charge in [-0.25, -0.2) is 0 Å². The van der Waals surface area contributed by atoms with E-state index in [0.717, 1.165) is 0 Å². The Labute approximate surface area is 211 Å². The van der Waals surface area contributed by atoms with E-state index < -0.39 is 5.60 Å². The summed E-state index contributed by atoms with van der Waals surface area (Å²) >= 11 is 9.67. The number of esters is 1. The van der Waals surface area contributed by atoms with E-state index >= 15 is 0 Å². The fraction of sp³-hybridized carbons (Fsp3) is 0.385. The molecule has 1 saturated carbocycles. The highest BCUT2D eigenvalue weighted by Gasteiger charge is 2.37. The second-order valence-corrected chi connectivity index (χ2v) is 10.5. The molecule has 1 aliphatic rings. The number of hydrogen-bond donors (Lipinski definition) is 0. The molecule has 34 heavy (non-hydrogen) atoms. The molecule has 0 aliphatic heterocycles. The van der Waals surface area contributed by atoms with E-state index in [0.29, 0.717) is 63.6 Å². The number of halogens is 2. The summed E-state index contributed by atoms with van der Waals surface area (Å²) in [5.74, 6) is 0.670. The van der Waals surface area contributed by atoms with Gasteiger partial charge in [-0.1, -0.05) is 23.7 Å². The number of ether oxygens (including phenoxy) is 3. The van der Waals surface area contributed by atoms with Gasteiger partial charge in [0.25, 0.3) is 0 Å². The molecule has 180 valence electrons. The van der Waals surface area contributed by atoms with Crippen LogP contribution in [-0.4, -0.2) is 30.9 Å². The maximum Gasteiger partial charge on any atom is 0.309 e. The molecule has 0 spiro atoms. The van der Waals surface area contributed by atoms with Crippen LogP contribution >= 0.6 is 27.5 Å². The number of rotatable bonds is 7. The van der Waals surface area contributed by atoms with E-state index in [1.165, 1.54) is 6.07 Å². The Bertz CT molecular complexity index is 1260. The first-order valence-electron chi connectivity index (χ1n) is 11.1. The monoisotopic (exact) mass is 548 g/mol. The van der Waals surface area contributed by atoms with Gasteiger partial charge in [-0.15, -0.1) is 0 Å². The normalized spacial score (nSPS) is 17.9. The molecule has 0 saturated heterocycles. The predicted octanol–water partition coefficient (Wildman–Crippen LogP) is 6.39. The molecule has 0 radical (unpaired) electrons. The van der Waals surface area contributed by atoms with Crippen LogP contribution in [0.2, 0.25) is 5.02 Å². The molecule has 3 aromatic rings. The molecule has 6 nitrogen and oxygen atoms in total. The molecular formula is C26H26BrClO6. The van der Waals surface area contributed by atoms with E-state index in [4.69, 9.17) is 30.2 Å². The Hall–Kier alpha value is -2.35. The quantitative estimate of drug-likeness (QED) is 0.251. The molecule has 1 heterocycles. The largest absolute Gasteiger partial charge is 0.490 e. The first kappa shape index (κ1) is 24.8.